The molecular weight excluding hydrogens is 312 g/mol. The van der Waals surface area contributed by atoms with Crippen LogP contribution in [0.1, 0.15) is 13.8 Å². The van der Waals surface area contributed by atoms with Gasteiger partial charge in [0.15, 0.2) is 0 Å². The van der Waals surface area contributed by atoms with E-state index in [9.17, 15) is 19.2 Å². The van der Waals surface area contributed by atoms with Crippen LogP contribution in [-0.2, 0) is 9.53 Å². The third-order valence-corrected chi connectivity index (χ3v) is 2.22. The molecule has 1 rings (SSSR count). The van der Waals surface area contributed by atoms with Crippen LogP contribution in [0.15, 0.2) is 14.4 Å². The Bertz CT molecular complexity index is 500. The second-order valence-corrected chi connectivity index (χ2v) is 3.63. The zero-order valence-corrected chi connectivity index (χ0v) is 11.5. The molecular formula is C7H8Cl3N3O5. The van der Waals surface area contributed by atoms with Crippen molar-refractivity contribution in [2.24, 2.45) is 0 Å². The summed E-state index contributed by atoms with van der Waals surface area (Å²) < 4.78 is 4.66. The smallest absolute Gasteiger partial charge is 0.366 e. The SMILES string of the molecule is CCOC(C)=O.O=c1n(Cl)c(=O)n(Cl)c(=O)n1Cl. The minimum absolute atomic E-state index is 0.0847. The van der Waals surface area contributed by atoms with E-state index in [2.05, 4.69) is 4.74 Å². The number of carbonyl (C=O) groups excluding carboxylic acids is 1. The second kappa shape index (κ2) is 7.24. The molecule has 102 valence electrons. The highest BCUT2D eigenvalue weighted by Gasteiger charge is 2.10. The van der Waals surface area contributed by atoms with Crippen molar-refractivity contribution in [3.8, 4) is 0 Å². The van der Waals surface area contributed by atoms with Crippen molar-refractivity contribution in [1.82, 2.24) is 12.3 Å². The van der Waals surface area contributed by atoms with Crippen LogP contribution in [0, 0.1) is 0 Å². The molecule has 0 amide bonds. The minimum atomic E-state index is -1.16. The van der Waals surface area contributed by atoms with Crippen molar-refractivity contribution in [3.05, 3.63) is 31.5 Å². The monoisotopic (exact) mass is 319 g/mol. The summed E-state index contributed by atoms with van der Waals surface area (Å²) in [6.45, 7) is 3.65. The lowest BCUT2D eigenvalue weighted by atomic mass is 10.8. The lowest BCUT2D eigenvalue weighted by molar-refractivity contribution is -0.140. The van der Waals surface area contributed by atoms with E-state index in [1.807, 2.05) is 0 Å². The van der Waals surface area contributed by atoms with E-state index in [1.165, 1.54) is 6.92 Å². The van der Waals surface area contributed by atoms with Crippen LogP contribution >= 0.6 is 35.3 Å². The molecule has 11 heteroatoms. The van der Waals surface area contributed by atoms with E-state index in [1.54, 1.807) is 6.92 Å². The molecule has 0 saturated carbocycles. The summed E-state index contributed by atoms with van der Waals surface area (Å²) in [5.41, 5.74) is -3.49. The van der Waals surface area contributed by atoms with Crippen LogP contribution in [0.4, 0.5) is 0 Å². The quantitative estimate of drug-likeness (QED) is 0.665. The van der Waals surface area contributed by atoms with Crippen LogP contribution in [0.5, 0.6) is 0 Å². The number of rotatable bonds is 1. The van der Waals surface area contributed by atoms with Gasteiger partial charge in [-0.3, -0.25) is 4.79 Å². The highest BCUT2D eigenvalue weighted by atomic mass is 35.5. The summed E-state index contributed by atoms with van der Waals surface area (Å²) in [6, 6.07) is 0. The van der Waals surface area contributed by atoms with Crippen molar-refractivity contribution in [3.63, 3.8) is 0 Å². The molecule has 0 aliphatic rings. The van der Waals surface area contributed by atoms with Crippen molar-refractivity contribution in [1.29, 1.82) is 0 Å². The maximum Gasteiger partial charge on any atom is 0.366 e. The third kappa shape index (κ3) is 4.21. The molecule has 0 saturated heterocycles. The Balaban J connectivity index is 0.000000411. The van der Waals surface area contributed by atoms with Crippen molar-refractivity contribution in [2.75, 3.05) is 6.61 Å². The first kappa shape index (κ1) is 16.8. The van der Waals surface area contributed by atoms with Gasteiger partial charge < -0.3 is 4.74 Å². The summed E-state index contributed by atoms with van der Waals surface area (Å²) in [7, 11) is 0. The lowest BCUT2D eigenvalue weighted by Crippen LogP contribution is -2.47. The molecule has 0 N–H and O–H groups in total. The maximum absolute atomic E-state index is 10.8. The fraction of sp³-hybridized carbons (Fsp3) is 0.429. The molecule has 0 radical (unpaired) electrons. The molecule has 0 atom stereocenters. The van der Waals surface area contributed by atoms with Gasteiger partial charge in [-0.15, -0.1) is 12.3 Å². The maximum atomic E-state index is 10.8. The van der Waals surface area contributed by atoms with E-state index in [0.717, 1.165) is 0 Å². The van der Waals surface area contributed by atoms with Gasteiger partial charge in [0.25, 0.3) is 0 Å². The van der Waals surface area contributed by atoms with Gasteiger partial charge >= 0.3 is 23.0 Å². The number of ether oxygens (including phenoxy) is 1. The lowest BCUT2D eigenvalue weighted by Gasteiger charge is -1.96. The topological polar surface area (TPSA) is 92.3 Å². The van der Waals surface area contributed by atoms with Gasteiger partial charge in [-0.1, -0.05) is 0 Å². The molecule has 0 aliphatic carbocycles. The summed E-state index contributed by atoms with van der Waals surface area (Å²) in [4.78, 5) is 42.1. The molecule has 8 nitrogen and oxygen atoms in total. The Morgan fingerprint density at radius 1 is 1.00 bits per heavy atom. The Kier molecular flexibility index (Phi) is 6.74. The van der Waals surface area contributed by atoms with Crippen LogP contribution in [0.25, 0.3) is 0 Å². The van der Waals surface area contributed by atoms with Crippen LogP contribution in [-0.4, -0.2) is 24.8 Å². The summed E-state index contributed by atoms with van der Waals surface area (Å²) in [6.07, 6.45) is 0. The van der Waals surface area contributed by atoms with Crippen molar-refractivity contribution < 1.29 is 9.53 Å². The molecule has 0 aromatic carbocycles. The zero-order chi connectivity index (χ0) is 14.5. The fourth-order valence-corrected chi connectivity index (χ4v) is 1.25. The van der Waals surface area contributed by atoms with Gasteiger partial charge in [0, 0.05) is 42.3 Å². The summed E-state index contributed by atoms with van der Waals surface area (Å²) >= 11 is 15.3. The van der Waals surface area contributed by atoms with Crippen LogP contribution in [0.3, 0.4) is 0 Å². The first-order valence-electron chi connectivity index (χ1n) is 4.37. The molecule has 0 spiro atoms. The molecule has 0 aliphatic heterocycles. The van der Waals surface area contributed by atoms with E-state index < -0.39 is 17.1 Å². The number of carbonyl (C=O) groups is 1. The molecule has 0 fully saturated rings. The number of hydrogen-bond donors (Lipinski definition) is 0. The first-order chi connectivity index (χ1) is 8.23. The van der Waals surface area contributed by atoms with Crippen LogP contribution in [0.2, 0.25) is 0 Å². The van der Waals surface area contributed by atoms with E-state index in [4.69, 9.17) is 35.3 Å². The van der Waals surface area contributed by atoms with Crippen LogP contribution < -0.4 is 17.1 Å². The average molecular weight is 321 g/mol. The van der Waals surface area contributed by atoms with Crippen molar-refractivity contribution >= 4 is 41.3 Å². The van der Waals surface area contributed by atoms with E-state index in [0.29, 0.717) is 6.61 Å². The summed E-state index contributed by atoms with van der Waals surface area (Å²) in [5, 5.41) is 0. The number of esters is 1. The Morgan fingerprint density at radius 3 is 1.39 bits per heavy atom. The first-order valence-corrected chi connectivity index (χ1v) is 5.38. The largest absolute Gasteiger partial charge is 0.466 e. The van der Waals surface area contributed by atoms with Gasteiger partial charge in [-0.2, -0.15) is 0 Å². The van der Waals surface area contributed by atoms with Gasteiger partial charge in [-0.25, -0.2) is 14.4 Å². The predicted octanol–water partition coefficient (Wildman–Crippen LogP) is -0.253. The molecule has 18 heavy (non-hydrogen) atoms. The number of nitrogens with zero attached hydrogens (tertiary/aromatic N) is 3. The van der Waals surface area contributed by atoms with Gasteiger partial charge in [0.05, 0.1) is 6.61 Å². The van der Waals surface area contributed by atoms with E-state index in [-0.39, 0.29) is 18.2 Å². The molecule has 0 unspecified atom stereocenters. The highest BCUT2D eigenvalue weighted by molar-refractivity contribution is 6.19. The Hall–Kier alpha value is -1.25. The molecule has 0 bridgehead atoms. The predicted molar refractivity (Wildman–Crippen MR) is 65.3 cm³/mol. The Morgan fingerprint density at radius 2 is 1.28 bits per heavy atom. The normalized spacial score (nSPS) is 9.39. The Labute approximate surface area is 115 Å². The number of hydrogen-bond acceptors (Lipinski definition) is 5. The molecule has 1 aromatic rings. The van der Waals surface area contributed by atoms with Gasteiger partial charge in [0.2, 0.25) is 0 Å². The van der Waals surface area contributed by atoms with Crippen molar-refractivity contribution in [2.45, 2.75) is 13.8 Å². The molecule has 1 heterocycles. The van der Waals surface area contributed by atoms with Gasteiger partial charge in [0.1, 0.15) is 0 Å². The summed E-state index contributed by atoms with van der Waals surface area (Å²) in [5.74, 6) is -0.211. The standard InChI is InChI=1S/C4H8O2.C3Cl3N3O3/c1-3-6-4(2)5;4-7-1(10)8(5)3(12)9(6)2(7)11/h3H2,1-2H3;. The third-order valence-electron chi connectivity index (χ3n) is 1.36. The fourth-order valence-electron chi connectivity index (χ4n) is 0.680. The molecule has 1 aromatic heterocycles. The average Bonchev–Trinajstić information content (AvgIpc) is 2.32. The minimum Gasteiger partial charge on any atom is -0.466 e. The second-order valence-electron chi connectivity index (χ2n) is 2.61. The zero-order valence-electron chi connectivity index (χ0n) is 9.22. The van der Waals surface area contributed by atoms with Gasteiger partial charge in [-0.05, 0) is 6.92 Å². The van der Waals surface area contributed by atoms with E-state index >= 15 is 0 Å². The number of halogens is 3. The number of aromatic nitrogens is 3. The highest BCUT2D eigenvalue weighted by Crippen LogP contribution is 1.78.